The van der Waals surface area contributed by atoms with Gasteiger partial charge in [-0.05, 0) is 103 Å². The number of nitrogens with zero attached hydrogens (tertiary/aromatic N) is 4. The molecule has 374 valence electrons. The number of ether oxygens (including phenoxy) is 1. The average molecular weight is 1150 g/mol. The molecule has 1 aliphatic heterocycles. The number of pyridine rings is 1. The van der Waals surface area contributed by atoms with Crippen LogP contribution < -0.4 is 14.5 Å². The summed E-state index contributed by atoms with van der Waals surface area (Å²) in [6.07, 6.45) is 1.93. The molecule has 0 aliphatic carbocycles. The Morgan fingerprint density at radius 1 is 0.446 bits per heavy atom. The molecule has 74 heavy (non-hydrogen) atoms. The molecule has 3 heterocycles. The standard InChI is InChI=1S/C68H63N4O.Pt/c1-65(2,3)50-29-33-60-59(40-50)58-32-31-57(44-62(58)72(60)64-42-52(35-36-69-64)68(9,10)49-25-18-13-19-26-49)73-56-28-20-27-54(43-56)70-45-71(55-38-47(46-21-14-11-15-22-46)37-53(39-55)66(4,5)6)61-34-30-51(41-63(61)70)67(7,8)48-23-16-12-17-24-48;/h11-42,45H,1-10H3;/q-3;. The molecule has 1 aliphatic rings. The van der Waals surface area contributed by atoms with Gasteiger partial charge in [0.05, 0.1) is 0 Å². The molecule has 8 aromatic carbocycles. The number of aromatic nitrogens is 2. The van der Waals surface area contributed by atoms with Crippen molar-refractivity contribution in [3.05, 3.63) is 246 Å². The predicted octanol–water partition coefficient (Wildman–Crippen LogP) is 17.9. The molecule has 0 radical (unpaired) electrons. The summed E-state index contributed by atoms with van der Waals surface area (Å²) in [7, 11) is 0. The molecular formula is C68H63N4OPt-3. The maximum atomic E-state index is 6.84. The molecule has 0 spiro atoms. The van der Waals surface area contributed by atoms with E-state index in [1.165, 1.54) is 44.5 Å². The van der Waals surface area contributed by atoms with Crippen molar-refractivity contribution >= 4 is 44.6 Å². The Morgan fingerprint density at radius 2 is 1.07 bits per heavy atom. The molecule has 0 unspecified atom stereocenters. The van der Waals surface area contributed by atoms with E-state index >= 15 is 0 Å². The van der Waals surface area contributed by atoms with Crippen LogP contribution in [0.5, 0.6) is 11.5 Å². The van der Waals surface area contributed by atoms with Crippen LogP contribution >= 0.6 is 0 Å². The van der Waals surface area contributed by atoms with E-state index in [1.54, 1.807) is 0 Å². The minimum atomic E-state index is -0.253. The molecule has 0 fully saturated rings. The number of rotatable bonds is 10. The van der Waals surface area contributed by atoms with E-state index in [4.69, 9.17) is 9.72 Å². The molecule has 0 N–H and O–H groups in total. The van der Waals surface area contributed by atoms with Crippen LogP contribution in [0.25, 0.3) is 38.8 Å². The summed E-state index contributed by atoms with van der Waals surface area (Å²) in [6, 6.07) is 75.0. The molecular weight excluding hydrogens is 1080 g/mol. The van der Waals surface area contributed by atoms with Gasteiger partial charge < -0.3 is 19.1 Å². The van der Waals surface area contributed by atoms with E-state index < -0.39 is 0 Å². The minimum Gasteiger partial charge on any atom is -0.509 e. The Morgan fingerprint density at radius 3 is 1.73 bits per heavy atom. The van der Waals surface area contributed by atoms with Crippen molar-refractivity contribution in [2.45, 2.75) is 90.9 Å². The summed E-state index contributed by atoms with van der Waals surface area (Å²) in [6.45, 7) is 25.0. The zero-order chi connectivity index (χ0) is 50.9. The van der Waals surface area contributed by atoms with Crippen LogP contribution in [0.15, 0.2) is 194 Å². The summed E-state index contributed by atoms with van der Waals surface area (Å²) >= 11 is 0. The first-order valence-corrected chi connectivity index (χ1v) is 25.5. The zero-order valence-corrected chi connectivity index (χ0v) is 46.3. The number of fused-ring (bicyclic) bond motifs is 4. The van der Waals surface area contributed by atoms with Crippen molar-refractivity contribution in [2.75, 3.05) is 9.80 Å². The molecule has 0 atom stereocenters. The van der Waals surface area contributed by atoms with Crippen molar-refractivity contribution in [1.29, 1.82) is 0 Å². The van der Waals surface area contributed by atoms with Gasteiger partial charge in [-0.15, -0.1) is 48.1 Å². The van der Waals surface area contributed by atoms with E-state index in [-0.39, 0.29) is 42.7 Å². The fourth-order valence-electron chi connectivity index (χ4n) is 10.3. The van der Waals surface area contributed by atoms with Crippen LogP contribution in [0.1, 0.15) is 103 Å². The number of anilines is 4. The Bertz CT molecular complexity index is 3660. The first-order valence-electron chi connectivity index (χ1n) is 25.5. The van der Waals surface area contributed by atoms with Gasteiger partial charge in [-0.1, -0.05) is 190 Å². The molecule has 0 amide bonds. The van der Waals surface area contributed by atoms with E-state index in [1.807, 2.05) is 18.3 Å². The third-order valence-corrected chi connectivity index (χ3v) is 15.1. The first kappa shape index (κ1) is 50.3. The second kappa shape index (κ2) is 19.3. The normalized spacial score (nSPS) is 13.1. The van der Waals surface area contributed by atoms with Crippen molar-refractivity contribution in [1.82, 2.24) is 9.55 Å². The van der Waals surface area contributed by atoms with Crippen LogP contribution in [-0.2, 0) is 42.7 Å². The number of hydrogen-bond acceptors (Lipinski definition) is 4. The second-order valence-electron chi connectivity index (χ2n) is 22.7. The summed E-state index contributed by atoms with van der Waals surface area (Å²) in [5.41, 5.74) is 15.3. The van der Waals surface area contributed by atoms with Gasteiger partial charge in [-0.25, -0.2) is 4.98 Å². The topological polar surface area (TPSA) is 33.5 Å². The second-order valence-corrected chi connectivity index (χ2v) is 22.7. The summed E-state index contributed by atoms with van der Waals surface area (Å²) < 4.78 is 9.08. The van der Waals surface area contributed by atoms with Gasteiger partial charge in [0, 0.05) is 72.2 Å². The Kier molecular flexibility index (Phi) is 13.1. The molecule has 0 saturated heterocycles. The van der Waals surface area contributed by atoms with Crippen molar-refractivity contribution in [3.8, 4) is 28.4 Å². The number of benzene rings is 8. The molecule has 10 aromatic rings. The maximum absolute atomic E-state index is 6.84. The SMILES string of the molecule is CC(C)(C)c1cc(-c2ccccc2)cc(N2[CH-]N(c3[c-]c(Oc4[c-]c5c(cc4)c4cc(C(C)(C)C)ccc4n5-c4cc(C(C)(C)c5ccccc5)ccn4)ccc3)c3cc(C(C)(C)c4ccccc4)ccc32)c1.[Pt]. The fourth-order valence-corrected chi connectivity index (χ4v) is 10.3. The summed E-state index contributed by atoms with van der Waals surface area (Å²) in [4.78, 5) is 9.62. The van der Waals surface area contributed by atoms with Crippen LogP contribution in [0.2, 0.25) is 0 Å². The molecule has 6 heteroatoms. The molecule has 5 nitrogen and oxygen atoms in total. The van der Waals surface area contributed by atoms with Crippen LogP contribution in [0.3, 0.4) is 0 Å². The minimum absolute atomic E-state index is 0. The predicted molar refractivity (Wildman–Crippen MR) is 304 cm³/mol. The van der Waals surface area contributed by atoms with Gasteiger partial charge in [0.2, 0.25) is 0 Å². The van der Waals surface area contributed by atoms with E-state index in [0.717, 1.165) is 50.4 Å². The van der Waals surface area contributed by atoms with Crippen LogP contribution in [0, 0.1) is 18.8 Å². The molecule has 11 rings (SSSR count). The molecule has 0 saturated carbocycles. The van der Waals surface area contributed by atoms with Crippen molar-refractivity contribution in [3.63, 3.8) is 0 Å². The van der Waals surface area contributed by atoms with Gasteiger partial charge in [0.25, 0.3) is 0 Å². The first-order chi connectivity index (χ1) is 34.9. The van der Waals surface area contributed by atoms with Gasteiger partial charge >= 0.3 is 0 Å². The molecule has 0 bridgehead atoms. The summed E-state index contributed by atoms with van der Waals surface area (Å²) in [5.74, 6) is 2.01. The van der Waals surface area contributed by atoms with Gasteiger partial charge in [-0.2, -0.15) is 12.1 Å². The van der Waals surface area contributed by atoms with Gasteiger partial charge in [0.1, 0.15) is 5.82 Å². The Labute approximate surface area is 452 Å². The van der Waals surface area contributed by atoms with Crippen LogP contribution in [0.4, 0.5) is 22.7 Å². The third kappa shape index (κ3) is 9.37. The van der Waals surface area contributed by atoms with Gasteiger partial charge in [0.15, 0.2) is 0 Å². The quantitative estimate of drug-likeness (QED) is 0.128. The van der Waals surface area contributed by atoms with Gasteiger partial charge in [-0.3, -0.25) is 0 Å². The van der Waals surface area contributed by atoms with E-state index in [2.05, 4.69) is 278 Å². The number of hydrogen-bond donors (Lipinski definition) is 0. The monoisotopic (exact) mass is 1150 g/mol. The Balaban J connectivity index is 0.00000626. The Hall–Kier alpha value is -7.20. The van der Waals surface area contributed by atoms with E-state index in [0.29, 0.717) is 11.5 Å². The van der Waals surface area contributed by atoms with Crippen molar-refractivity contribution < 1.29 is 25.8 Å². The fraction of sp³-hybridized carbons (Fsp3) is 0.206. The molecule has 2 aromatic heterocycles. The van der Waals surface area contributed by atoms with Crippen LogP contribution in [-0.4, -0.2) is 9.55 Å². The average Bonchev–Trinajstić information content (AvgIpc) is 3.94. The largest absolute Gasteiger partial charge is 0.509 e. The van der Waals surface area contributed by atoms with E-state index in [9.17, 15) is 0 Å². The zero-order valence-electron chi connectivity index (χ0n) is 44.1. The third-order valence-electron chi connectivity index (χ3n) is 15.1. The smallest absolute Gasteiger partial charge is 0.135 e. The van der Waals surface area contributed by atoms with Crippen molar-refractivity contribution in [2.24, 2.45) is 0 Å². The maximum Gasteiger partial charge on any atom is 0.135 e. The summed E-state index contributed by atoms with van der Waals surface area (Å²) in [5, 5.41) is 2.24.